The van der Waals surface area contributed by atoms with Crippen LogP contribution < -0.4 is 0 Å². The Kier molecular flexibility index (Phi) is 3.31. The lowest BCUT2D eigenvalue weighted by Crippen LogP contribution is -2.17. The molecule has 0 aromatic carbocycles. The molecule has 0 radical (unpaired) electrons. The van der Waals surface area contributed by atoms with Gasteiger partial charge in [-0.1, -0.05) is 5.10 Å². The second kappa shape index (κ2) is 4.02. The molecule has 0 spiro atoms. The zero-order valence-corrected chi connectivity index (χ0v) is 9.92. The summed E-state index contributed by atoms with van der Waals surface area (Å²) >= 11 is 0. The monoisotopic (exact) mass is 274 g/mol. The van der Waals surface area contributed by atoms with Gasteiger partial charge in [-0.15, -0.1) is 0 Å². The molecule has 1 aromatic heterocycles. The highest BCUT2D eigenvalue weighted by Crippen LogP contribution is 2.06. The van der Waals surface area contributed by atoms with Gasteiger partial charge in [0.1, 0.15) is 0 Å². The molecule has 0 amide bonds. The maximum Gasteiger partial charge on any atom is 0.267 e. The van der Waals surface area contributed by atoms with Crippen molar-refractivity contribution in [1.82, 2.24) is 20.2 Å². The lowest BCUT2D eigenvalue weighted by atomic mass is 11.0. The van der Waals surface area contributed by atoms with Crippen LogP contribution in [0.1, 0.15) is 0 Å². The number of rotatable bonds is 4. The molecule has 86 valence electrons. The van der Waals surface area contributed by atoms with Crippen LogP contribution in [0.25, 0.3) is 0 Å². The van der Waals surface area contributed by atoms with Crippen molar-refractivity contribution in [2.45, 2.75) is 5.16 Å². The molecule has 0 aliphatic heterocycles. The van der Waals surface area contributed by atoms with E-state index in [1.165, 1.54) is 7.05 Å². The van der Waals surface area contributed by atoms with E-state index in [4.69, 9.17) is 10.7 Å². The molecule has 1 rings (SSSR count). The Labute approximate surface area is 90.6 Å². The number of tetrazole rings is 1. The van der Waals surface area contributed by atoms with E-state index in [-0.39, 0.29) is 5.16 Å². The first kappa shape index (κ1) is 12.3. The quantitative estimate of drug-likeness (QED) is 0.618. The lowest BCUT2D eigenvalue weighted by Gasteiger charge is -1.99. The third-order valence-corrected chi connectivity index (χ3v) is 4.51. The Balaban J connectivity index is 2.92. The molecular formula is C4H7ClN4O4S2. The van der Waals surface area contributed by atoms with Gasteiger partial charge in [-0.25, -0.2) is 21.5 Å². The van der Waals surface area contributed by atoms with Crippen molar-refractivity contribution < 1.29 is 16.8 Å². The molecule has 0 atom stereocenters. The minimum Gasteiger partial charge on any atom is -0.220 e. The second-order valence-electron chi connectivity index (χ2n) is 2.65. The van der Waals surface area contributed by atoms with Gasteiger partial charge in [-0.2, -0.15) is 0 Å². The topological polar surface area (TPSA) is 112 Å². The smallest absolute Gasteiger partial charge is 0.220 e. The van der Waals surface area contributed by atoms with E-state index in [1.54, 1.807) is 0 Å². The summed E-state index contributed by atoms with van der Waals surface area (Å²) in [6.07, 6.45) is 0. The van der Waals surface area contributed by atoms with E-state index < -0.39 is 30.4 Å². The normalized spacial score (nSPS) is 12.9. The first-order valence-electron chi connectivity index (χ1n) is 3.60. The molecule has 15 heavy (non-hydrogen) atoms. The van der Waals surface area contributed by atoms with Gasteiger partial charge in [0.25, 0.3) is 5.16 Å². The molecule has 8 nitrogen and oxygen atoms in total. The second-order valence-corrected chi connectivity index (χ2v) is 7.55. The van der Waals surface area contributed by atoms with Crippen LogP contribution in [-0.2, 0) is 25.9 Å². The van der Waals surface area contributed by atoms with Crippen LogP contribution in [0.15, 0.2) is 5.16 Å². The van der Waals surface area contributed by atoms with E-state index in [9.17, 15) is 16.8 Å². The first-order valence-corrected chi connectivity index (χ1v) is 7.73. The number of hydrogen-bond acceptors (Lipinski definition) is 7. The third kappa shape index (κ3) is 3.39. The molecule has 0 unspecified atom stereocenters. The van der Waals surface area contributed by atoms with Gasteiger partial charge in [-0.3, -0.25) is 0 Å². The van der Waals surface area contributed by atoms with E-state index in [1.807, 2.05) is 0 Å². The van der Waals surface area contributed by atoms with Gasteiger partial charge in [0, 0.05) is 17.7 Å². The highest BCUT2D eigenvalue weighted by Gasteiger charge is 2.23. The summed E-state index contributed by atoms with van der Waals surface area (Å²) in [4.78, 5) is 0. The SMILES string of the molecule is Cn1nnnc1S(=O)(=O)CCS(=O)(=O)Cl. The van der Waals surface area contributed by atoms with Crippen LogP contribution >= 0.6 is 10.7 Å². The molecule has 0 saturated heterocycles. The average molecular weight is 275 g/mol. The summed E-state index contributed by atoms with van der Waals surface area (Å²) in [6.45, 7) is 0. The van der Waals surface area contributed by atoms with Gasteiger partial charge < -0.3 is 0 Å². The minimum atomic E-state index is -3.85. The van der Waals surface area contributed by atoms with Crippen LogP contribution in [0.2, 0.25) is 0 Å². The highest BCUT2D eigenvalue weighted by atomic mass is 35.7. The van der Waals surface area contributed by atoms with Crippen molar-refractivity contribution in [3.63, 3.8) is 0 Å². The van der Waals surface area contributed by atoms with E-state index in [2.05, 4.69) is 15.5 Å². The molecule has 0 saturated carbocycles. The Hall–Kier alpha value is -0.740. The van der Waals surface area contributed by atoms with Crippen molar-refractivity contribution in [2.75, 3.05) is 11.5 Å². The number of aryl methyl sites for hydroxylation is 1. The van der Waals surface area contributed by atoms with Gasteiger partial charge in [0.15, 0.2) is 0 Å². The number of sulfone groups is 1. The van der Waals surface area contributed by atoms with Crippen LogP contribution in [0.3, 0.4) is 0 Å². The van der Waals surface area contributed by atoms with E-state index in [0.717, 1.165) is 4.68 Å². The van der Waals surface area contributed by atoms with Gasteiger partial charge in [-0.05, 0) is 10.4 Å². The molecule has 0 bridgehead atoms. The number of nitrogens with zero attached hydrogens (tertiary/aromatic N) is 4. The summed E-state index contributed by atoms with van der Waals surface area (Å²) in [5, 5.41) is 9.33. The van der Waals surface area contributed by atoms with E-state index in [0.29, 0.717) is 0 Å². The maximum absolute atomic E-state index is 11.5. The number of halogens is 1. The minimum absolute atomic E-state index is 0.386. The van der Waals surface area contributed by atoms with Crippen LogP contribution in [0.5, 0.6) is 0 Å². The molecule has 0 aliphatic rings. The van der Waals surface area contributed by atoms with Crippen molar-refractivity contribution in [1.29, 1.82) is 0 Å². The lowest BCUT2D eigenvalue weighted by molar-refractivity contribution is 0.568. The summed E-state index contributed by atoms with van der Waals surface area (Å²) in [6, 6.07) is 0. The highest BCUT2D eigenvalue weighted by molar-refractivity contribution is 8.14. The Morgan fingerprint density at radius 2 is 1.87 bits per heavy atom. The molecule has 0 aliphatic carbocycles. The third-order valence-electron chi connectivity index (χ3n) is 1.46. The molecule has 0 N–H and O–H groups in total. The average Bonchev–Trinajstić information content (AvgIpc) is 2.47. The van der Waals surface area contributed by atoms with E-state index >= 15 is 0 Å². The number of hydrogen-bond donors (Lipinski definition) is 0. The van der Waals surface area contributed by atoms with Gasteiger partial charge >= 0.3 is 0 Å². The fourth-order valence-electron chi connectivity index (χ4n) is 0.785. The fraction of sp³-hybridized carbons (Fsp3) is 0.750. The summed E-state index contributed by atoms with van der Waals surface area (Å²) in [5.41, 5.74) is 0. The molecular weight excluding hydrogens is 268 g/mol. The number of aromatic nitrogens is 4. The standard InChI is InChI=1S/C4H7ClN4O4S2/c1-9-4(6-7-8-9)14(10,11)2-3-15(5,12)13/h2-3H2,1H3. The fourth-order valence-corrected chi connectivity index (χ4v) is 3.81. The Morgan fingerprint density at radius 3 is 2.27 bits per heavy atom. The molecule has 1 heterocycles. The van der Waals surface area contributed by atoms with Gasteiger partial charge in [0.2, 0.25) is 18.9 Å². The molecule has 1 aromatic rings. The zero-order chi connectivity index (χ0) is 11.7. The van der Waals surface area contributed by atoms with Crippen molar-refractivity contribution >= 4 is 29.6 Å². The largest absolute Gasteiger partial charge is 0.267 e. The van der Waals surface area contributed by atoms with Crippen molar-refractivity contribution in [3.8, 4) is 0 Å². The predicted octanol–water partition coefficient (Wildman–Crippen LogP) is -1.45. The summed E-state index contributed by atoms with van der Waals surface area (Å²) in [5.74, 6) is -1.32. The molecule has 11 heteroatoms. The van der Waals surface area contributed by atoms with Crippen LogP contribution in [0.4, 0.5) is 0 Å². The summed E-state index contributed by atoms with van der Waals surface area (Å²) in [7, 11) is -1.44. The Morgan fingerprint density at radius 1 is 1.27 bits per heavy atom. The molecule has 0 fully saturated rings. The Bertz CT molecular complexity index is 547. The summed E-state index contributed by atoms with van der Waals surface area (Å²) < 4.78 is 45.0. The van der Waals surface area contributed by atoms with Crippen LogP contribution in [0, 0.1) is 0 Å². The van der Waals surface area contributed by atoms with Crippen LogP contribution in [-0.4, -0.2) is 48.5 Å². The first-order chi connectivity index (χ1) is 6.72. The maximum atomic E-state index is 11.5. The van der Waals surface area contributed by atoms with Gasteiger partial charge in [0.05, 0.1) is 11.5 Å². The zero-order valence-electron chi connectivity index (χ0n) is 7.53. The van der Waals surface area contributed by atoms with Crippen molar-refractivity contribution in [3.05, 3.63) is 0 Å². The van der Waals surface area contributed by atoms with Crippen molar-refractivity contribution in [2.24, 2.45) is 7.05 Å². The predicted molar refractivity (Wildman–Crippen MR) is 50.5 cm³/mol.